The minimum atomic E-state index is -1.80. The summed E-state index contributed by atoms with van der Waals surface area (Å²) in [5.74, 6) is 1.88. The van der Waals surface area contributed by atoms with Gasteiger partial charge in [-0.3, -0.25) is 0 Å². The van der Waals surface area contributed by atoms with E-state index in [0.29, 0.717) is 17.5 Å². The predicted octanol–water partition coefficient (Wildman–Crippen LogP) is 18.4. The van der Waals surface area contributed by atoms with E-state index >= 15 is 0 Å². The Morgan fingerprint density at radius 3 is 1.18 bits per heavy atom. The van der Waals surface area contributed by atoms with Crippen molar-refractivity contribution in [2.45, 2.75) is 19.6 Å². The van der Waals surface area contributed by atoms with Crippen molar-refractivity contribution in [1.29, 1.82) is 0 Å². The zero-order valence-electron chi connectivity index (χ0n) is 40.3. The first-order chi connectivity index (χ1) is 36.7. The van der Waals surface area contributed by atoms with Crippen LogP contribution in [-0.2, 0) is 0 Å². The van der Waals surface area contributed by atoms with Crippen LogP contribution in [-0.4, -0.2) is 19.5 Å². The summed E-state index contributed by atoms with van der Waals surface area (Å²) in [6.45, 7) is 0. The molecule has 14 aromatic rings. The van der Waals surface area contributed by atoms with Crippen molar-refractivity contribution >= 4 is 64.2 Å². The van der Waals surface area contributed by atoms with Crippen LogP contribution >= 0.6 is 10.0 Å². The van der Waals surface area contributed by atoms with Gasteiger partial charge in [-0.2, -0.15) is 0 Å². The number of benzene rings is 12. The Kier molecular flexibility index (Phi) is 10.6. The standard InChI is InChI=1S/C69H46N4S/c1-6-20-48(21-7-1)67-70-68(72-69(71-67)51-38-43-66-64(46-51)61-32-18-19-33-65(61)73(66)52-22-8-2-9-23-52)50-37-42-59-57-30-16-17-31-58(57)62-44-49(36-41-60(62)63(59)45-50)47-34-39-56(40-35-47)74(53-24-10-3-11-25-53,54-26-12-4-13-27-54)55-28-14-5-15-29-55/h1-46H. The smallest absolute Gasteiger partial charge is 0.164 e. The third-order valence-electron chi connectivity index (χ3n) is 14.5. The maximum Gasteiger partial charge on any atom is 0.164 e. The Balaban J connectivity index is 0.905. The normalized spacial score (nSPS) is 12.0. The molecule has 0 spiro atoms. The van der Waals surface area contributed by atoms with Crippen molar-refractivity contribution in [3.63, 3.8) is 0 Å². The van der Waals surface area contributed by atoms with Crippen LogP contribution in [0.25, 0.3) is 105 Å². The number of aromatic nitrogens is 4. The molecule has 0 fully saturated rings. The van der Waals surface area contributed by atoms with Crippen LogP contribution in [0.2, 0.25) is 0 Å². The molecule has 2 aromatic heterocycles. The summed E-state index contributed by atoms with van der Waals surface area (Å²) >= 11 is 0. The van der Waals surface area contributed by atoms with E-state index in [4.69, 9.17) is 15.0 Å². The zero-order chi connectivity index (χ0) is 49.0. The highest BCUT2D eigenvalue weighted by molar-refractivity contribution is 8.34. The molecule has 0 atom stereocenters. The van der Waals surface area contributed by atoms with E-state index in [9.17, 15) is 0 Å². The lowest BCUT2D eigenvalue weighted by Crippen LogP contribution is -2.05. The van der Waals surface area contributed by atoms with Gasteiger partial charge >= 0.3 is 0 Å². The Morgan fingerprint density at radius 1 is 0.230 bits per heavy atom. The van der Waals surface area contributed by atoms with Gasteiger partial charge in [0, 0.05) is 52.7 Å². The Morgan fingerprint density at radius 2 is 0.595 bits per heavy atom. The van der Waals surface area contributed by atoms with E-state index < -0.39 is 10.0 Å². The summed E-state index contributed by atoms with van der Waals surface area (Å²) < 4.78 is 2.33. The highest BCUT2D eigenvalue weighted by atomic mass is 32.3. The molecule has 0 aliphatic heterocycles. The first kappa shape index (κ1) is 43.4. The molecule has 0 N–H and O–H groups in total. The third kappa shape index (κ3) is 7.20. The molecular formula is C69H46N4S. The van der Waals surface area contributed by atoms with E-state index in [1.54, 1.807) is 0 Å². The van der Waals surface area contributed by atoms with Crippen LogP contribution in [0, 0.1) is 0 Å². The molecule has 4 nitrogen and oxygen atoms in total. The first-order valence-electron chi connectivity index (χ1n) is 25.1. The lowest BCUT2D eigenvalue weighted by atomic mass is 9.91. The Labute approximate surface area is 430 Å². The number of nitrogens with zero attached hydrogens (tertiary/aromatic N) is 4. The molecule has 2 heterocycles. The van der Waals surface area contributed by atoms with E-state index in [2.05, 4.69) is 265 Å². The molecule has 0 saturated carbocycles. The van der Waals surface area contributed by atoms with Gasteiger partial charge in [0.05, 0.1) is 11.0 Å². The Hall–Kier alpha value is -9.42. The van der Waals surface area contributed by atoms with Crippen LogP contribution < -0.4 is 0 Å². The monoisotopic (exact) mass is 962 g/mol. The van der Waals surface area contributed by atoms with Gasteiger partial charge in [-0.1, -0.05) is 182 Å². The van der Waals surface area contributed by atoms with E-state index in [0.717, 1.165) is 44.2 Å². The van der Waals surface area contributed by atoms with Crippen molar-refractivity contribution in [3.8, 4) is 51.0 Å². The quantitative estimate of drug-likeness (QED) is 0.135. The van der Waals surface area contributed by atoms with Gasteiger partial charge in [-0.05, 0) is 141 Å². The lowest BCUT2D eigenvalue weighted by molar-refractivity contribution is 1.07. The molecule has 0 amide bonds. The average Bonchev–Trinajstić information content (AvgIpc) is 3.82. The van der Waals surface area contributed by atoms with Crippen LogP contribution in [0.5, 0.6) is 0 Å². The fourth-order valence-electron chi connectivity index (χ4n) is 11.1. The maximum atomic E-state index is 5.31. The maximum absolute atomic E-state index is 5.31. The minimum Gasteiger partial charge on any atom is -0.309 e. The van der Waals surface area contributed by atoms with Gasteiger partial charge in [0.1, 0.15) is 0 Å². The minimum absolute atomic E-state index is 0.625. The fraction of sp³-hybridized carbons (Fsp3) is 0. The lowest BCUT2D eigenvalue weighted by Gasteiger charge is -2.42. The van der Waals surface area contributed by atoms with Crippen molar-refractivity contribution in [2.75, 3.05) is 0 Å². The second-order valence-corrected chi connectivity index (χ2v) is 21.8. The zero-order valence-corrected chi connectivity index (χ0v) is 41.1. The van der Waals surface area contributed by atoms with Crippen molar-refractivity contribution in [2.24, 2.45) is 0 Å². The van der Waals surface area contributed by atoms with Crippen LogP contribution in [0.1, 0.15) is 0 Å². The van der Waals surface area contributed by atoms with Gasteiger partial charge < -0.3 is 4.57 Å². The van der Waals surface area contributed by atoms with Gasteiger partial charge in [0.2, 0.25) is 0 Å². The fourth-order valence-corrected chi connectivity index (χ4v) is 15.0. The molecule has 348 valence electrons. The van der Waals surface area contributed by atoms with Crippen molar-refractivity contribution in [1.82, 2.24) is 19.5 Å². The number of hydrogen-bond donors (Lipinski definition) is 0. The number of fused-ring (bicyclic) bond motifs is 9. The molecule has 0 unspecified atom stereocenters. The summed E-state index contributed by atoms with van der Waals surface area (Å²) in [4.78, 5) is 20.9. The molecule has 0 radical (unpaired) electrons. The summed E-state index contributed by atoms with van der Waals surface area (Å²) in [6.07, 6.45) is 0. The number of rotatable bonds is 9. The van der Waals surface area contributed by atoms with Crippen LogP contribution in [0.3, 0.4) is 0 Å². The SMILES string of the molecule is c1ccc(-c2nc(-c3ccc4c5ccccc5c5cc(-c6ccc(S(c7ccccc7)(c7ccccc7)c7ccccc7)cc6)ccc5c4c3)nc(-c3ccc4c(c3)c3ccccc3n4-c3ccccc3)n2)cc1. The van der Waals surface area contributed by atoms with Crippen molar-refractivity contribution < 1.29 is 0 Å². The molecule has 0 aliphatic carbocycles. The van der Waals surface area contributed by atoms with Crippen LogP contribution in [0.4, 0.5) is 0 Å². The topological polar surface area (TPSA) is 43.6 Å². The summed E-state index contributed by atoms with van der Waals surface area (Å²) in [7, 11) is -1.80. The second-order valence-electron chi connectivity index (χ2n) is 18.7. The summed E-state index contributed by atoms with van der Waals surface area (Å²) in [5.41, 5.74) is 8.54. The predicted molar refractivity (Wildman–Crippen MR) is 308 cm³/mol. The van der Waals surface area contributed by atoms with E-state index in [-0.39, 0.29) is 0 Å². The van der Waals surface area contributed by atoms with Crippen LogP contribution in [0.15, 0.2) is 299 Å². The molecular weight excluding hydrogens is 917 g/mol. The molecule has 74 heavy (non-hydrogen) atoms. The van der Waals surface area contributed by atoms with Crippen molar-refractivity contribution in [3.05, 3.63) is 279 Å². The highest BCUT2D eigenvalue weighted by Gasteiger charge is 2.33. The van der Waals surface area contributed by atoms with Gasteiger partial charge in [-0.25, -0.2) is 15.0 Å². The van der Waals surface area contributed by atoms with E-state index in [1.165, 1.54) is 63.0 Å². The third-order valence-corrected chi connectivity index (χ3v) is 18.5. The first-order valence-corrected chi connectivity index (χ1v) is 26.7. The molecule has 0 bridgehead atoms. The van der Waals surface area contributed by atoms with Gasteiger partial charge in [0.25, 0.3) is 0 Å². The molecule has 0 saturated heterocycles. The largest absolute Gasteiger partial charge is 0.309 e. The molecule has 14 rings (SSSR count). The van der Waals surface area contributed by atoms with E-state index in [1.807, 2.05) is 18.2 Å². The molecule has 12 aromatic carbocycles. The highest BCUT2D eigenvalue weighted by Crippen LogP contribution is 2.73. The number of hydrogen-bond acceptors (Lipinski definition) is 3. The second kappa shape index (κ2) is 18.0. The van der Waals surface area contributed by atoms with Gasteiger partial charge in [-0.15, -0.1) is 10.0 Å². The average molecular weight is 963 g/mol. The molecule has 5 heteroatoms. The summed E-state index contributed by atoms with van der Waals surface area (Å²) in [5, 5.41) is 9.47. The molecule has 0 aliphatic rings. The Bertz CT molecular complexity index is 4290. The van der Waals surface area contributed by atoms with Gasteiger partial charge in [0.15, 0.2) is 17.5 Å². The number of para-hydroxylation sites is 2. The summed E-state index contributed by atoms with van der Waals surface area (Å²) in [6, 6.07) is 101.